The Bertz CT molecular complexity index is 553. The summed E-state index contributed by atoms with van der Waals surface area (Å²) in [5.74, 6) is -1.39. The van der Waals surface area contributed by atoms with Crippen LogP contribution in [0.4, 0.5) is 0 Å². The van der Waals surface area contributed by atoms with E-state index in [2.05, 4.69) is 5.32 Å². The number of rotatable bonds is 5. The van der Waals surface area contributed by atoms with E-state index >= 15 is 0 Å². The topological polar surface area (TPSA) is 69.2 Å². The Morgan fingerprint density at radius 3 is 2.41 bits per heavy atom. The Hall–Kier alpha value is -1.84. The molecule has 1 saturated carbocycles. The van der Waals surface area contributed by atoms with Crippen LogP contribution in [0.1, 0.15) is 39.2 Å². The molecule has 1 amide bonds. The number of carbonyl (C=O) groups is 2. The third-order valence-electron chi connectivity index (χ3n) is 5.55. The van der Waals surface area contributed by atoms with Gasteiger partial charge in [0.2, 0.25) is 5.91 Å². The summed E-state index contributed by atoms with van der Waals surface area (Å²) >= 11 is 0. The Morgan fingerprint density at radius 1 is 1.23 bits per heavy atom. The van der Waals surface area contributed by atoms with Crippen LogP contribution in [0.25, 0.3) is 0 Å². The zero-order chi connectivity index (χ0) is 16.4. The third-order valence-corrected chi connectivity index (χ3v) is 5.55. The highest BCUT2D eigenvalue weighted by molar-refractivity contribution is 5.83. The van der Waals surface area contributed by atoms with Gasteiger partial charge in [-0.3, -0.25) is 4.79 Å². The average molecular weight is 302 g/mol. The fourth-order valence-corrected chi connectivity index (χ4v) is 3.42. The van der Waals surface area contributed by atoms with Crippen LogP contribution in [-0.4, -0.2) is 18.4 Å². The number of amides is 1. The summed E-state index contributed by atoms with van der Waals surface area (Å²) in [7, 11) is 0. The van der Waals surface area contributed by atoms with E-state index in [-0.39, 0.29) is 11.8 Å². The molecular formula is C18H24NO3-. The molecule has 2 rings (SSSR count). The standard InChI is InChI=1S/C18H25NO3/c1-17(2)14(9-11-18(17,3)16(21)22)15(20)19-12-10-13-7-5-4-6-8-13/h4-8,14H,9-12H2,1-3H3,(H,19,20)(H,21,22)/p-1/t14-,18-/m1/s1. The van der Waals surface area contributed by atoms with Crippen molar-refractivity contribution in [1.29, 1.82) is 0 Å². The molecule has 4 heteroatoms. The lowest BCUT2D eigenvalue weighted by molar-refractivity contribution is -0.323. The van der Waals surface area contributed by atoms with E-state index < -0.39 is 16.8 Å². The summed E-state index contributed by atoms with van der Waals surface area (Å²) in [6.45, 7) is 5.98. The zero-order valence-electron chi connectivity index (χ0n) is 13.5. The van der Waals surface area contributed by atoms with Crippen molar-refractivity contribution in [2.24, 2.45) is 16.7 Å². The quantitative estimate of drug-likeness (QED) is 0.897. The number of hydrogen-bond donors (Lipinski definition) is 1. The molecule has 4 nitrogen and oxygen atoms in total. The van der Waals surface area contributed by atoms with E-state index in [0.29, 0.717) is 19.4 Å². The molecule has 2 atom stereocenters. The average Bonchev–Trinajstić information content (AvgIpc) is 2.72. The van der Waals surface area contributed by atoms with E-state index in [0.717, 1.165) is 6.42 Å². The van der Waals surface area contributed by atoms with E-state index in [1.807, 2.05) is 44.2 Å². The van der Waals surface area contributed by atoms with Crippen molar-refractivity contribution in [3.63, 3.8) is 0 Å². The maximum atomic E-state index is 12.4. The maximum Gasteiger partial charge on any atom is 0.223 e. The Labute approximate surface area is 131 Å². The first kappa shape index (κ1) is 16.5. The van der Waals surface area contributed by atoms with Crippen LogP contribution < -0.4 is 10.4 Å². The van der Waals surface area contributed by atoms with Crippen LogP contribution in [0.15, 0.2) is 30.3 Å². The molecule has 1 aromatic carbocycles. The van der Waals surface area contributed by atoms with E-state index in [1.54, 1.807) is 6.92 Å². The number of hydrogen-bond acceptors (Lipinski definition) is 3. The molecular weight excluding hydrogens is 278 g/mol. The Morgan fingerprint density at radius 2 is 1.86 bits per heavy atom. The molecule has 22 heavy (non-hydrogen) atoms. The van der Waals surface area contributed by atoms with Crippen LogP contribution in [0.2, 0.25) is 0 Å². The minimum absolute atomic E-state index is 0.0501. The number of carboxylic acid groups (broad SMARTS) is 1. The molecule has 1 N–H and O–H groups in total. The maximum absolute atomic E-state index is 12.4. The lowest BCUT2D eigenvalue weighted by Crippen LogP contribution is -2.50. The van der Waals surface area contributed by atoms with E-state index in [4.69, 9.17) is 0 Å². The van der Waals surface area contributed by atoms with Crippen molar-refractivity contribution in [2.75, 3.05) is 6.54 Å². The van der Waals surface area contributed by atoms with Gasteiger partial charge in [-0.05, 0) is 30.2 Å². The molecule has 1 aliphatic rings. The molecule has 0 bridgehead atoms. The first-order chi connectivity index (χ1) is 10.3. The van der Waals surface area contributed by atoms with E-state index in [9.17, 15) is 14.7 Å². The molecule has 1 aliphatic carbocycles. The van der Waals surface area contributed by atoms with Crippen molar-refractivity contribution in [3.05, 3.63) is 35.9 Å². The minimum Gasteiger partial charge on any atom is -0.550 e. The summed E-state index contributed by atoms with van der Waals surface area (Å²) in [4.78, 5) is 23.9. The second kappa shape index (κ2) is 6.11. The summed E-state index contributed by atoms with van der Waals surface area (Å²) in [6, 6.07) is 9.96. The molecule has 1 fully saturated rings. The van der Waals surface area contributed by atoms with Crippen LogP contribution in [-0.2, 0) is 16.0 Å². The lowest BCUT2D eigenvalue weighted by atomic mass is 9.65. The summed E-state index contributed by atoms with van der Waals surface area (Å²) in [5, 5.41) is 14.4. The molecule has 120 valence electrons. The smallest absolute Gasteiger partial charge is 0.223 e. The monoisotopic (exact) mass is 302 g/mol. The van der Waals surface area contributed by atoms with Crippen LogP contribution in [0.3, 0.4) is 0 Å². The van der Waals surface area contributed by atoms with Gasteiger partial charge < -0.3 is 15.2 Å². The third kappa shape index (κ3) is 2.87. The highest BCUT2D eigenvalue weighted by Crippen LogP contribution is 2.55. The van der Waals surface area contributed by atoms with Gasteiger partial charge in [-0.25, -0.2) is 0 Å². The van der Waals surface area contributed by atoms with Crippen molar-refractivity contribution in [2.45, 2.75) is 40.0 Å². The van der Waals surface area contributed by atoms with E-state index in [1.165, 1.54) is 5.56 Å². The highest BCUT2D eigenvalue weighted by Gasteiger charge is 2.54. The molecule has 0 aliphatic heterocycles. The molecule has 0 spiro atoms. The molecule has 0 radical (unpaired) electrons. The Balaban J connectivity index is 1.95. The number of carboxylic acids is 1. The van der Waals surface area contributed by atoms with Gasteiger partial charge in [0.25, 0.3) is 0 Å². The molecule has 0 heterocycles. The largest absolute Gasteiger partial charge is 0.550 e. The predicted molar refractivity (Wildman–Crippen MR) is 82.8 cm³/mol. The summed E-state index contributed by atoms with van der Waals surface area (Å²) in [6.07, 6.45) is 1.85. The van der Waals surface area contributed by atoms with Gasteiger partial charge in [-0.2, -0.15) is 0 Å². The van der Waals surface area contributed by atoms with Gasteiger partial charge in [-0.1, -0.05) is 51.1 Å². The fourth-order valence-electron chi connectivity index (χ4n) is 3.42. The SMILES string of the molecule is CC1(C)[C@@H](C(=O)NCCc2ccccc2)CC[C@]1(C)C(=O)[O-]. The van der Waals surface area contributed by atoms with Crippen molar-refractivity contribution in [3.8, 4) is 0 Å². The number of benzene rings is 1. The molecule has 1 aromatic rings. The second-order valence-corrected chi connectivity index (χ2v) is 6.96. The highest BCUT2D eigenvalue weighted by atomic mass is 16.4. The van der Waals surface area contributed by atoms with Crippen LogP contribution in [0, 0.1) is 16.7 Å². The lowest BCUT2D eigenvalue weighted by Gasteiger charge is -2.41. The minimum atomic E-state index is -1.06. The summed E-state index contributed by atoms with van der Waals surface area (Å²) < 4.78 is 0. The molecule has 0 saturated heterocycles. The van der Waals surface area contributed by atoms with Gasteiger partial charge in [0.1, 0.15) is 0 Å². The fraction of sp³-hybridized carbons (Fsp3) is 0.556. The van der Waals surface area contributed by atoms with Crippen molar-refractivity contribution in [1.82, 2.24) is 5.32 Å². The molecule has 0 aromatic heterocycles. The van der Waals surface area contributed by atoms with Gasteiger partial charge in [-0.15, -0.1) is 0 Å². The van der Waals surface area contributed by atoms with Gasteiger partial charge in [0, 0.05) is 23.8 Å². The first-order valence-corrected chi connectivity index (χ1v) is 7.82. The van der Waals surface area contributed by atoms with Crippen LogP contribution >= 0.6 is 0 Å². The second-order valence-electron chi connectivity index (χ2n) is 6.96. The molecule has 0 unspecified atom stereocenters. The van der Waals surface area contributed by atoms with Gasteiger partial charge in [0.05, 0.1) is 0 Å². The van der Waals surface area contributed by atoms with Gasteiger partial charge in [0.15, 0.2) is 0 Å². The zero-order valence-corrected chi connectivity index (χ0v) is 13.5. The number of aliphatic carboxylic acids is 1. The summed E-state index contributed by atoms with van der Waals surface area (Å²) in [5.41, 5.74) is -0.384. The van der Waals surface area contributed by atoms with Crippen molar-refractivity contribution >= 4 is 11.9 Å². The predicted octanol–water partition coefficient (Wildman–Crippen LogP) is 1.54. The van der Waals surface area contributed by atoms with Gasteiger partial charge >= 0.3 is 0 Å². The Kier molecular flexibility index (Phi) is 4.59. The number of nitrogens with one attached hydrogen (secondary N) is 1. The first-order valence-electron chi connectivity index (χ1n) is 7.82. The number of carbonyl (C=O) groups excluding carboxylic acids is 2. The normalized spacial score (nSPS) is 26.6. The van der Waals surface area contributed by atoms with Crippen molar-refractivity contribution < 1.29 is 14.7 Å². The van der Waals surface area contributed by atoms with Crippen LogP contribution in [0.5, 0.6) is 0 Å².